The zero-order chi connectivity index (χ0) is 8.27. The monoisotopic (exact) mass is 151 g/mol. The summed E-state index contributed by atoms with van der Waals surface area (Å²) < 4.78 is 6.52. The van der Waals surface area contributed by atoms with Gasteiger partial charge < -0.3 is 4.74 Å². The zero-order valence-corrected chi connectivity index (χ0v) is 6.48. The molecule has 0 aliphatic heterocycles. The van der Waals surface area contributed by atoms with Gasteiger partial charge in [0.05, 0.1) is 12.3 Å². The van der Waals surface area contributed by atoms with Crippen LogP contribution in [0.2, 0.25) is 0 Å². The Morgan fingerprint density at radius 2 is 2.55 bits per heavy atom. The lowest BCUT2D eigenvalue weighted by Crippen LogP contribution is -1.95. The van der Waals surface area contributed by atoms with Crippen molar-refractivity contribution in [2.45, 2.75) is 6.10 Å². The van der Waals surface area contributed by atoms with E-state index in [1.165, 1.54) is 7.11 Å². The van der Waals surface area contributed by atoms with Crippen molar-refractivity contribution in [3.63, 3.8) is 0 Å². The maximum Gasteiger partial charge on any atom is 0.171 e. The number of hydrogen-bond donors (Lipinski definition) is 0. The van der Waals surface area contributed by atoms with Crippen molar-refractivity contribution in [3.8, 4) is 6.07 Å². The molecule has 1 heterocycles. The fourth-order valence-corrected chi connectivity index (χ4v) is 0.839. The first kappa shape index (κ1) is 7.76. The summed E-state index contributed by atoms with van der Waals surface area (Å²) in [4.78, 5) is 0. The van der Waals surface area contributed by atoms with Crippen LogP contribution in [0.15, 0.2) is 12.4 Å². The van der Waals surface area contributed by atoms with Crippen LogP contribution in [0.25, 0.3) is 0 Å². The molecule has 0 radical (unpaired) electrons. The molecule has 0 spiro atoms. The molecule has 0 saturated heterocycles. The molecule has 0 N–H and O–H groups in total. The van der Waals surface area contributed by atoms with E-state index in [9.17, 15) is 0 Å². The van der Waals surface area contributed by atoms with Crippen LogP contribution in [0.4, 0.5) is 0 Å². The van der Waals surface area contributed by atoms with Gasteiger partial charge in [-0.15, -0.1) is 0 Å². The lowest BCUT2D eigenvalue weighted by molar-refractivity contribution is 0.148. The van der Waals surface area contributed by atoms with Crippen molar-refractivity contribution < 1.29 is 4.74 Å². The highest BCUT2D eigenvalue weighted by Crippen LogP contribution is 2.13. The minimum atomic E-state index is -0.497. The third-order valence-electron chi connectivity index (χ3n) is 1.38. The minimum absolute atomic E-state index is 0.497. The Morgan fingerprint density at radius 1 is 1.82 bits per heavy atom. The van der Waals surface area contributed by atoms with Crippen molar-refractivity contribution in [2.24, 2.45) is 7.05 Å². The van der Waals surface area contributed by atoms with Crippen LogP contribution in [0.5, 0.6) is 0 Å². The fraction of sp³-hybridized carbons (Fsp3) is 0.429. The first-order valence-electron chi connectivity index (χ1n) is 3.19. The molecule has 0 aromatic carbocycles. The number of ether oxygens (including phenoxy) is 1. The van der Waals surface area contributed by atoms with Gasteiger partial charge >= 0.3 is 0 Å². The zero-order valence-electron chi connectivity index (χ0n) is 6.48. The highest BCUT2D eigenvalue weighted by molar-refractivity contribution is 5.14. The van der Waals surface area contributed by atoms with Gasteiger partial charge in [0, 0.05) is 25.9 Å². The quantitative estimate of drug-likeness (QED) is 0.623. The van der Waals surface area contributed by atoms with Gasteiger partial charge in [-0.1, -0.05) is 0 Å². The maximum absolute atomic E-state index is 8.58. The third kappa shape index (κ3) is 1.57. The number of aryl methyl sites for hydroxylation is 1. The summed E-state index contributed by atoms with van der Waals surface area (Å²) in [5, 5.41) is 12.5. The van der Waals surface area contributed by atoms with E-state index in [1.54, 1.807) is 24.1 Å². The Bertz CT molecular complexity index is 273. The lowest BCUT2D eigenvalue weighted by atomic mass is 10.2. The summed E-state index contributed by atoms with van der Waals surface area (Å²) in [6.45, 7) is 0. The lowest BCUT2D eigenvalue weighted by Gasteiger charge is -2.00. The van der Waals surface area contributed by atoms with Crippen LogP contribution in [-0.2, 0) is 11.8 Å². The number of hydrogen-bond acceptors (Lipinski definition) is 3. The molecule has 58 valence electrons. The first-order valence-corrected chi connectivity index (χ1v) is 3.19. The van der Waals surface area contributed by atoms with E-state index in [1.807, 2.05) is 6.07 Å². The molecule has 0 aliphatic carbocycles. The summed E-state index contributed by atoms with van der Waals surface area (Å²) >= 11 is 0. The van der Waals surface area contributed by atoms with E-state index in [4.69, 9.17) is 10.00 Å². The highest BCUT2D eigenvalue weighted by Gasteiger charge is 2.09. The molecule has 1 rings (SSSR count). The SMILES string of the molecule is COC(C#N)c1cnn(C)c1. The maximum atomic E-state index is 8.58. The van der Waals surface area contributed by atoms with Gasteiger partial charge in [0.15, 0.2) is 6.10 Å². The molecule has 1 unspecified atom stereocenters. The van der Waals surface area contributed by atoms with Crippen LogP contribution in [0.1, 0.15) is 11.7 Å². The molecule has 0 fully saturated rings. The molecule has 1 atom stereocenters. The van der Waals surface area contributed by atoms with E-state index < -0.39 is 6.10 Å². The molecule has 4 heteroatoms. The van der Waals surface area contributed by atoms with Crippen molar-refractivity contribution >= 4 is 0 Å². The van der Waals surface area contributed by atoms with Crippen molar-refractivity contribution in [3.05, 3.63) is 18.0 Å². The van der Waals surface area contributed by atoms with Gasteiger partial charge in [0.2, 0.25) is 0 Å². The van der Waals surface area contributed by atoms with Crippen LogP contribution < -0.4 is 0 Å². The van der Waals surface area contributed by atoms with Crippen LogP contribution in [0.3, 0.4) is 0 Å². The van der Waals surface area contributed by atoms with Crippen LogP contribution in [-0.4, -0.2) is 16.9 Å². The molecule has 1 aromatic rings. The van der Waals surface area contributed by atoms with Crippen molar-refractivity contribution in [1.82, 2.24) is 9.78 Å². The van der Waals surface area contributed by atoms with E-state index in [0.29, 0.717) is 0 Å². The second-order valence-corrected chi connectivity index (χ2v) is 2.19. The topological polar surface area (TPSA) is 50.8 Å². The molecule has 1 aromatic heterocycles. The van der Waals surface area contributed by atoms with E-state index in [2.05, 4.69) is 5.10 Å². The van der Waals surface area contributed by atoms with Gasteiger partial charge in [-0.25, -0.2) is 0 Å². The summed E-state index contributed by atoms with van der Waals surface area (Å²) in [6, 6.07) is 2.01. The molecule has 4 nitrogen and oxygen atoms in total. The predicted octanol–water partition coefficient (Wildman–Crippen LogP) is 0.631. The summed E-state index contributed by atoms with van der Waals surface area (Å²) in [5.74, 6) is 0. The molecular formula is C7H9N3O. The van der Waals surface area contributed by atoms with E-state index >= 15 is 0 Å². The van der Waals surface area contributed by atoms with Crippen LogP contribution in [0, 0.1) is 11.3 Å². The Hall–Kier alpha value is -1.34. The summed E-state index contributed by atoms with van der Waals surface area (Å²) in [6.07, 6.45) is 2.89. The standard InChI is InChI=1S/C7H9N3O/c1-10-5-6(4-9-10)7(3-8)11-2/h4-5,7H,1-2H3. The average molecular weight is 151 g/mol. The van der Waals surface area contributed by atoms with Gasteiger partial charge in [-0.2, -0.15) is 10.4 Å². The Balaban J connectivity index is 2.84. The van der Waals surface area contributed by atoms with Crippen molar-refractivity contribution in [1.29, 1.82) is 5.26 Å². The molecular weight excluding hydrogens is 142 g/mol. The first-order chi connectivity index (χ1) is 5.27. The highest BCUT2D eigenvalue weighted by atomic mass is 16.5. The molecule has 0 bridgehead atoms. The van der Waals surface area contributed by atoms with Gasteiger partial charge in [0.25, 0.3) is 0 Å². The molecule has 0 saturated carbocycles. The molecule has 11 heavy (non-hydrogen) atoms. The minimum Gasteiger partial charge on any atom is -0.362 e. The Morgan fingerprint density at radius 3 is 2.91 bits per heavy atom. The molecule has 0 aliphatic rings. The Kier molecular flexibility index (Phi) is 2.24. The fourth-order valence-electron chi connectivity index (χ4n) is 0.839. The number of nitriles is 1. The van der Waals surface area contributed by atoms with E-state index in [-0.39, 0.29) is 0 Å². The normalized spacial score (nSPS) is 12.5. The second-order valence-electron chi connectivity index (χ2n) is 2.19. The second kappa shape index (κ2) is 3.17. The number of rotatable bonds is 2. The molecule has 0 amide bonds. The average Bonchev–Trinajstić information content (AvgIpc) is 2.39. The van der Waals surface area contributed by atoms with E-state index in [0.717, 1.165) is 5.56 Å². The number of nitrogens with zero attached hydrogens (tertiary/aromatic N) is 3. The summed E-state index contributed by atoms with van der Waals surface area (Å²) in [5.41, 5.74) is 0.789. The predicted molar refractivity (Wildman–Crippen MR) is 38.6 cm³/mol. The van der Waals surface area contributed by atoms with Crippen molar-refractivity contribution in [2.75, 3.05) is 7.11 Å². The number of aromatic nitrogens is 2. The largest absolute Gasteiger partial charge is 0.362 e. The third-order valence-corrected chi connectivity index (χ3v) is 1.38. The number of methoxy groups -OCH3 is 1. The van der Waals surface area contributed by atoms with Crippen LogP contribution >= 0.6 is 0 Å². The summed E-state index contributed by atoms with van der Waals surface area (Å²) in [7, 11) is 3.30. The van der Waals surface area contributed by atoms with Gasteiger partial charge in [0.1, 0.15) is 0 Å². The smallest absolute Gasteiger partial charge is 0.171 e. The Labute approximate surface area is 65.0 Å². The van der Waals surface area contributed by atoms with Gasteiger partial charge in [-0.3, -0.25) is 4.68 Å². The van der Waals surface area contributed by atoms with Gasteiger partial charge in [-0.05, 0) is 0 Å².